The van der Waals surface area contributed by atoms with E-state index < -0.39 is 0 Å². The second-order valence-corrected chi connectivity index (χ2v) is 8.36. The molecule has 0 saturated heterocycles. The third kappa shape index (κ3) is 3.84. The fourth-order valence-corrected chi connectivity index (χ4v) is 3.82. The van der Waals surface area contributed by atoms with E-state index in [1.54, 1.807) is 0 Å². The summed E-state index contributed by atoms with van der Waals surface area (Å²) in [5, 5.41) is 0. The number of allylic oxidation sites excluding steroid dienone is 6. The van der Waals surface area contributed by atoms with Gasteiger partial charge < -0.3 is 0 Å². The van der Waals surface area contributed by atoms with Gasteiger partial charge in [0.15, 0.2) is 0 Å². The van der Waals surface area contributed by atoms with Crippen LogP contribution in [0.25, 0.3) is 5.57 Å². The Balaban J connectivity index is 0.00000109. The third-order valence-electron chi connectivity index (χ3n) is 6.10. The van der Waals surface area contributed by atoms with Crippen LogP contribution in [0.4, 0.5) is 0 Å². The molecule has 1 fully saturated rings. The predicted molar refractivity (Wildman–Crippen MR) is 113 cm³/mol. The summed E-state index contributed by atoms with van der Waals surface area (Å²) in [5.74, 6) is 0.677. The van der Waals surface area contributed by atoms with Crippen LogP contribution in [0.1, 0.15) is 84.9 Å². The van der Waals surface area contributed by atoms with Crippen molar-refractivity contribution < 1.29 is 0 Å². The van der Waals surface area contributed by atoms with Crippen molar-refractivity contribution in [3.63, 3.8) is 0 Å². The topological polar surface area (TPSA) is 0 Å². The van der Waals surface area contributed by atoms with Gasteiger partial charge in [0, 0.05) is 0 Å². The Kier molecular flexibility index (Phi) is 5.82. The second kappa shape index (κ2) is 7.36. The first-order valence-electron chi connectivity index (χ1n) is 9.91. The van der Waals surface area contributed by atoms with E-state index in [9.17, 15) is 0 Å². The minimum atomic E-state index is 0.264. The molecule has 2 aliphatic carbocycles. The van der Waals surface area contributed by atoms with Gasteiger partial charge in [-0.25, -0.2) is 0 Å². The van der Waals surface area contributed by atoms with Gasteiger partial charge in [-0.15, -0.1) is 0 Å². The van der Waals surface area contributed by atoms with Gasteiger partial charge in [-0.05, 0) is 72.6 Å². The van der Waals surface area contributed by atoms with Gasteiger partial charge in [0.2, 0.25) is 0 Å². The van der Waals surface area contributed by atoms with Crippen molar-refractivity contribution in [2.75, 3.05) is 0 Å². The minimum absolute atomic E-state index is 0.264. The van der Waals surface area contributed by atoms with Gasteiger partial charge in [0.05, 0.1) is 0 Å². The van der Waals surface area contributed by atoms with Crippen LogP contribution >= 0.6 is 0 Å². The maximum Gasteiger partial charge on any atom is -0.000600 e. The molecule has 2 aliphatic rings. The molecule has 3 rings (SSSR count). The summed E-state index contributed by atoms with van der Waals surface area (Å²) < 4.78 is 0. The van der Waals surface area contributed by atoms with Crippen molar-refractivity contribution in [2.24, 2.45) is 5.92 Å². The van der Waals surface area contributed by atoms with Gasteiger partial charge in [-0.3, -0.25) is 0 Å². The Hall–Kier alpha value is -1.56. The number of hydrogen-bond acceptors (Lipinski definition) is 0. The Bertz CT molecular complexity index is 712. The lowest BCUT2D eigenvalue weighted by Crippen LogP contribution is -2.21. The van der Waals surface area contributed by atoms with E-state index >= 15 is 0 Å². The average molecular weight is 337 g/mol. The minimum Gasteiger partial charge on any atom is -0.0847 e. The molecule has 0 radical (unpaired) electrons. The van der Waals surface area contributed by atoms with E-state index in [1.165, 1.54) is 34.3 Å². The van der Waals surface area contributed by atoms with Crippen molar-refractivity contribution >= 4 is 5.57 Å². The molecule has 0 aliphatic heterocycles. The van der Waals surface area contributed by atoms with E-state index in [2.05, 4.69) is 84.0 Å². The zero-order valence-corrected chi connectivity index (χ0v) is 17.5. The van der Waals surface area contributed by atoms with Crippen LogP contribution < -0.4 is 0 Å². The molecule has 1 unspecified atom stereocenters. The molecule has 0 spiro atoms. The first-order valence-corrected chi connectivity index (χ1v) is 9.91. The summed E-state index contributed by atoms with van der Waals surface area (Å²) in [7, 11) is 0. The quantitative estimate of drug-likeness (QED) is 0.498. The normalized spacial score (nSPS) is 27.3. The predicted octanol–water partition coefficient (Wildman–Crippen LogP) is 7.60. The Morgan fingerprint density at radius 1 is 1.16 bits per heavy atom. The molecular weight excluding hydrogens is 300 g/mol. The number of hydrogen-bond donors (Lipinski definition) is 0. The maximum absolute atomic E-state index is 2.47. The molecule has 0 N–H and O–H groups in total. The fraction of sp³-hybridized carbons (Fsp3) is 0.520. The number of benzene rings is 1. The van der Waals surface area contributed by atoms with Crippen molar-refractivity contribution in [3.05, 3.63) is 64.8 Å². The smallest absolute Gasteiger partial charge is 0.000600 e. The second-order valence-electron chi connectivity index (χ2n) is 8.36. The zero-order chi connectivity index (χ0) is 18.8. The molecule has 25 heavy (non-hydrogen) atoms. The molecule has 0 aromatic heterocycles. The van der Waals surface area contributed by atoms with E-state index in [1.807, 2.05) is 13.8 Å². The third-order valence-corrected chi connectivity index (χ3v) is 6.10. The molecule has 0 heteroatoms. The largest absolute Gasteiger partial charge is 0.0847 e. The van der Waals surface area contributed by atoms with E-state index in [0.717, 1.165) is 6.42 Å². The average Bonchev–Trinajstić information content (AvgIpc) is 3.29. The van der Waals surface area contributed by atoms with Gasteiger partial charge in [-0.2, -0.15) is 0 Å². The fourth-order valence-electron chi connectivity index (χ4n) is 3.82. The summed E-state index contributed by atoms with van der Waals surface area (Å²) in [4.78, 5) is 0. The molecular formula is C25H36. The molecule has 0 heterocycles. The van der Waals surface area contributed by atoms with Crippen molar-refractivity contribution in [1.82, 2.24) is 0 Å². The van der Waals surface area contributed by atoms with Gasteiger partial charge in [-0.1, -0.05) is 82.7 Å². The summed E-state index contributed by atoms with van der Waals surface area (Å²) >= 11 is 0. The lowest BCUT2D eigenvalue weighted by Gasteiger charge is -2.32. The summed E-state index contributed by atoms with van der Waals surface area (Å²) in [6.07, 6.45) is 11.7. The number of rotatable bonds is 3. The van der Waals surface area contributed by atoms with Gasteiger partial charge >= 0.3 is 0 Å². The monoisotopic (exact) mass is 336 g/mol. The molecule has 0 bridgehead atoms. The van der Waals surface area contributed by atoms with E-state index in [4.69, 9.17) is 0 Å². The van der Waals surface area contributed by atoms with Crippen LogP contribution in [0.3, 0.4) is 0 Å². The van der Waals surface area contributed by atoms with Crippen LogP contribution in [0.15, 0.2) is 48.1 Å². The van der Waals surface area contributed by atoms with Crippen LogP contribution in [0.5, 0.6) is 0 Å². The SMILES string of the molecule is C/C=C(\C)C=CC1C[C@]1(C)c1ccc2c(c1)C(C)=CCC2(C)C.CC. The summed E-state index contributed by atoms with van der Waals surface area (Å²) in [6.45, 7) is 17.7. The Morgan fingerprint density at radius 3 is 2.48 bits per heavy atom. The van der Waals surface area contributed by atoms with Crippen molar-refractivity contribution in [3.8, 4) is 0 Å². The summed E-state index contributed by atoms with van der Waals surface area (Å²) in [5.41, 5.74) is 7.88. The lowest BCUT2D eigenvalue weighted by molar-refractivity contribution is 0.526. The first-order chi connectivity index (χ1) is 11.8. The molecule has 136 valence electrons. The molecule has 1 aromatic rings. The van der Waals surface area contributed by atoms with Crippen LogP contribution in [0, 0.1) is 5.92 Å². The van der Waals surface area contributed by atoms with Crippen LogP contribution in [-0.4, -0.2) is 0 Å². The highest BCUT2D eigenvalue weighted by Crippen LogP contribution is 2.55. The Labute approximate surface area is 155 Å². The lowest BCUT2D eigenvalue weighted by atomic mass is 9.72. The highest BCUT2D eigenvalue weighted by atomic mass is 14.5. The van der Waals surface area contributed by atoms with Crippen molar-refractivity contribution in [1.29, 1.82) is 0 Å². The van der Waals surface area contributed by atoms with Gasteiger partial charge in [0.25, 0.3) is 0 Å². The highest BCUT2D eigenvalue weighted by molar-refractivity contribution is 5.71. The van der Waals surface area contributed by atoms with E-state index in [-0.39, 0.29) is 5.41 Å². The molecule has 0 amide bonds. The molecule has 1 aromatic carbocycles. The molecule has 1 saturated carbocycles. The van der Waals surface area contributed by atoms with E-state index in [0.29, 0.717) is 11.3 Å². The van der Waals surface area contributed by atoms with Crippen LogP contribution in [0.2, 0.25) is 0 Å². The maximum atomic E-state index is 2.47. The first kappa shape index (κ1) is 19.8. The number of fused-ring (bicyclic) bond motifs is 1. The van der Waals surface area contributed by atoms with Crippen molar-refractivity contribution in [2.45, 2.75) is 79.1 Å². The van der Waals surface area contributed by atoms with Crippen LogP contribution in [-0.2, 0) is 10.8 Å². The zero-order valence-electron chi connectivity index (χ0n) is 17.5. The summed E-state index contributed by atoms with van der Waals surface area (Å²) in [6, 6.07) is 7.25. The Morgan fingerprint density at radius 2 is 1.84 bits per heavy atom. The highest BCUT2D eigenvalue weighted by Gasteiger charge is 2.49. The molecule has 0 nitrogen and oxygen atoms in total. The standard InChI is InChI=1S/C23H30.C2H6/c1-7-16(2)8-9-19-15-23(19,6)18-10-11-21-20(14-18)17(3)12-13-22(21,4)5;1-2/h7-12,14,19H,13,15H2,1-6H3;1-2H3/b9-8?,16-7+;/t19?,23-;/m1./s1. The van der Waals surface area contributed by atoms with Gasteiger partial charge in [0.1, 0.15) is 0 Å². The molecule has 2 atom stereocenters.